The van der Waals surface area contributed by atoms with Crippen LogP contribution in [0.25, 0.3) is 0 Å². The molecular weight excluding hydrogens is 258 g/mol. The van der Waals surface area contributed by atoms with E-state index in [0.29, 0.717) is 11.6 Å². The zero-order chi connectivity index (χ0) is 13.2. The van der Waals surface area contributed by atoms with Crippen molar-refractivity contribution in [3.8, 4) is 0 Å². The number of carbonyl (C=O) groups excluding carboxylic acids is 1. The molecule has 1 aliphatic carbocycles. The Morgan fingerprint density at radius 1 is 1.47 bits per heavy atom. The molecule has 2 aromatic rings. The molecule has 0 spiro atoms. The highest BCUT2D eigenvalue weighted by Crippen LogP contribution is 2.30. The fourth-order valence-corrected chi connectivity index (χ4v) is 3.08. The molecule has 0 fully saturated rings. The lowest BCUT2D eigenvalue weighted by Gasteiger charge is -2.13. The van der Waals surface area contributed by atoms with Crippen LogP contribution in [0.4, 0.5) is 5.13 Å². The van der Waals surface area contributed by atoms with Crippen LogP contribution < -0.4 is 11.1 Å². The molecule has 4 nitrogen and oxygen atoms in total. The average Bonchev–Trinajstić information content (AvgIpc) is 2.97. The number of amides is 1. The van der Waals surface area contributed by atoms with E-state index >= 15 is 0 Å². The van der Waals surface area contributed by atoms with Gasteiger partial charge in [-0.1, -0.05) is 24.3 Å². The fraction of sp³-hybridized carbons (Fsp3) is 0.286. The van der Waals surface area contributed by atoms with E-state index in [2.05, 4.69) is 22.4 Å². The van der Waals surface area contributed by atoms with Gasteiger partial charge in [0.25, 0.3) is 0 Å². The summed E-state index contributed by atoms with van der Waals surface area (Å²) in [4.78, 5) is 16.1. The van der Waals surface area contributed by atoms with E-state index in [9.17, 15) is 4.79 Å². The van der Waals surface area contributed by atoms with Crippen molar-refractivity contribution >= 4 is 22.4 Å². The van der Waals surface area contributed by atoms with Gasteiger partial charge in [0, 0.05) is 5.38 Å². The van der Waals surface area contributed by atoms with Crippen molar-refractivity contribution in [1.29, 1.82) is 0 Å². The number of rotatable bonds is 3. The van der Waals surface area contributed by atoms with Gasteiger partial charge in [-0.3, -0.25) is 4.79 Å². The van der Waals surface area contributed by atoms with Crippen LogP contribution in [-0.4, -0.2) is 10.9 Å². The average molecular weight is 273 g/mol. The van der Waals surface area contributed by atoms with E-state index in [1.54, 1.807) is 0 Å². The Morgan fingerprint density at radius 2 is 2.32 bits per heavy atom. The molecule has 1 aromatic heterocycles. The summed E-state index contributed by atoms with van der Waals surface area (Å²) >= 11 is 1.36. The van der Waals surface area contributed by atoms with Crippen molar-refractivity contribution in [3.05, 3.63) is 46.5 Å². The highest BCUT2D eigenvalue weighted by molar-refractivity contribution is 7.13. The second-order valence-electron chi connectivity index (χ2n) is 4.71. The first-order valence-corrected chi connectivity index (χ1v) is 7.17. The number of aromatic nitrogens is 1. The summed E-state index contributed by atoms with van der Waals surface area (Å²) in [5.41, 5.74) is 8.88. The maximum absolute atomic E-state index is 12.0. The summed E-state index contributed by atoms with van der Waals surface area (Å²) in [7, 11) is 0. The zero-order valence-electron chi connectivity index (χ0n) is 10.4. The fourth-order valence-electron chi connectivity index (χ4n) is 2.52. The lowest BCUT2D eigenvalue weighted by Crippen LogP contribution is -2.28. The molecule has 0 saturated heterocycles. The first-order valence-electron chi connectivity index (χ1n) is 6.29. The van der Waals surface area contributed by atoms with Gasteiger partial charge in [0.1, 0.15) is 0 Å². The molecule has 1 unspecified atom stereocenters. The van der Waals surface area contributed by atoms with Crippen molar-refractivity contribution in [3.63, 3.8) is 0 Å². The molecule has 98 valence electrons. The maximum atomic E-state index is 12.0. The van der Waals surface area contributed by atoms with Gasteiger partial charge in [-0.2, -0.15) is 0 Å². The molecule has 19 heavy (non-hydrogen) atoms. The predicted octanol–water partition coefficient (Wildman–Crippen LogP) is 2.07. The summed E-state index contributed by atoms with van der Waals surface area (Å²) < 4.78 is 0. The predicted molar refractivity (Wildman–Crippen MR) is 75.9 cm³/mol. The van der Waals surface area contributed by atoms with Gasteiger partial charge >= 0.3 is 0 Å². The Kier molecular flexibility index (Phi) is 3.21. The lowest BCUT2D eigenvalue weighted by atomic mass is 10.1. The smallest absolute Gasteiger partial charge is 0.226 e. The molecule has 5 heteroatoms. The van der Waals surface area contributed by atoms with E-state index in [1.165, 1.54) is 22.5 Å². The summed E-state index contributed by atoms with van der Waals surface area (Å²) in [6, 6.07) is 8.42. The van der Waals surface area contributed by atoms with Crippen LogP contribution in [0.3, 0.4) is 0 Å². The Morgan fingerprint density at radius 3 is 3.11 bits per heavy atom. The van der Waals surface area contributed by atoms with Crippen LogP contribution in [0.15, 0.2) is 29.6 Å². The lowest BCUT2D eigenvalue weighted by molar-refractivity contribution is -0.121. The van der Waals surface area contributed by atoms with Crippen LogP contribution in [-0.2, 0) is 17.6 Å². The van der Waals surface area contributed by atoms with Crippen LogP contribution in [0.5, 0.6) is 0 Å². The first-order chi connectivity index (χ1) is 9.22. The minimum Gasteiger partial charge on any atom is -0.375 e. The number of carbonyl (C=O) groups is 1. The van der Waals surface area contributed by atoms with Crippen molar-refractivity contribution < 1.29 is 4.79 Å². The van der Waals surface area contributed by atoms with Crippen LogP contribution >= 0.6 is 11.3 Å². The first kappa shape index (κ1) is 12.2. The molecule has 1 amide bonds. The summed E-state index contributed by atoms with van der Waals surface area (Å²) in [6.07, 6.45) is 2.31. The van der Waals surface area contributed by atoms with Gasteiger partial charge in [0.2, 0.25) is 5.91 Å². The number of hydrogen-bond donors (Lipinski definition) is 2. The topological polar surface area (TPSA) is 68.0 Å². The summed E-state index contributed by atoms with van der Waals surface area (Å²) in [5, 5.41) is 5.42. The van der Waals surface area contributed by atoms with Gasteiger partial charge in [-0.05, 0) is 24.0 Å². The number of nitrogen functional groups attached to an aromatic ring is 1. The monoisotopic (exact) mass is 273 g/mol. The third kappa shape index (κ3) is 2.61. The summed E-state index contributed by atoms with van der Waals surface area (Å²) in [6.45, 7) is 0. The molecule has 3 N–H and O–H groups in total. The maximum Gasteiger partial charge on any atom is 0.226 e. The third-order valence-electron chi connectivity index (χ3n) is 3.38. The molecule has 0 saturated carbocycles. The molecule has 1 heterocycles. The molecule has 1 aliphatic rings. The van der Waals surface area contributed by atoms with E-state index in [4.69, 9.17) is 5.73 Å². The van der Waals surface area contributed by atoms with Crippen molar-refractivity contribution in [2.75, 3.05) is 5.73 Å². The number of aryl methyl sites for hydroxylation is 1. The van der Waals surface area contributed by atoms with Crippen molar-refractivity contribution in [2.45, 2.75) is 25.3 Å². The van der Waals surface area contributed by atoms with Crippen LogP contribution in [0, 0.1) is 0 Å². The molecule has 3 rings (SSSR count). The van der Waals surface area contributed by atoms with Crippen molar-refractivity contribution in [2.24, 2.45) is 0 Å². The van der Waals surface area contributed by atoms with Crippen LogP contribution in [0.1, 0.15) is 29.3 Å². The molecule has 0 aliphatic heterocycles. The van der Waals surface area contributed by atoms with Crippen molar-refractivity contribution in [1.82, 2.24) is 10.3 Å². The Hall–Kier alpha value is -1.88. The number of fused-ring (bicyclic) bond motifs is 1. The SMILES string of the molecule is Nc1nc(CC(=O)NC2CCc3ccccc32)cs1. The Balaban J connectivity index is 1.65. The molecule has 1 atom stereocenters. The summed E-state index contributed by atoms with van der Waals surface area (Å²) in [5.74, 6) is 0.00648. The third-order valence-corrected chi connectivity index (χ3v) is 4.10. The number of benzene rings is 1. The van der Waals surface area contributed by atoms with E-state index < -0.39 is 0 Å². The Bertz CT molecular complexity index is 608. The van der Waals surface area contributed by atoms with Gasteiger partial charge in [0.15, 0.2) is 5.13 Å². The van der Waals surface area contributed by atoms with E-state index in [0.717, 1.165) is 18.5 Å². The minimum atomic E-state index is 0.00648. The number of anilines is 1. The number of nitrogens with two attached hydrogens (primary N) is 1. The highest BCUT2D eigenvalue weighted by atomic mass is 32.1. The zero-order valence-corrected chi connectivity index (χ0v) is 11.2. The standard InChI is InChI=1S/C14H15N3OS/c15-14-16-10(8-19-14)7-13(18)17-12-6-5-9-3-1-2-4-11(9)12/h1-4,8,12H,5-7H2,(H2,15,16)(H,17,18). The van der Waals surface area contributed by atoms with E-state index in [1.807, 2.05) is 17.5 Å². The quantitative estimate of drug-likeness (QED) is 0.899. The second-order valence-corrected chi connectivity index (χ2v) is 5.60. The van der Waals surface area contributed by atoms with Gasteiger partial charge < -0.3 is 11.1 Å². The minimum absolute atomic E-state index is 0.00648. The highest BCUT2D eigenvalue weighted by Gasteiger charge is 2.23. The largest absolute Gasteiger partial charge is 0.375 e. The number of hydrogen-bond acceptors (Lipinski definition) is 4. The van der Waals surface area contributed by atoms with E-state index in [-0.39, 0.29) is 11.9 Å². The molecule has 0 bridgehead atoms. The molecule has 1 aromatic carbocycles. The molecule has 0 radical (unpaired) electrons. The Labute approximate surface area is 115 Å². The number of nitrogens with one attached hydrogen (secondary N) is 1. The molecular formula is C14H15N3OS. The number of thiazole rings is 1. The second kappa shape index (κ2) is 5.01. The van der Waals surface area contributed by atoms with Gasteiger partial charge in [-0.25, -0.2) is 4.98 Å². The van der Waals surface area contributed by atoms with Gasteiger partial charge in [0.05, 0.1) is 18.2 Å². The van der Waals surface area contributed by atoms with Crippen LogP contribution in [0.2, 0.25) is 0 Å². The number of nitrogens with zero attached hydrogens (tertiary/aromatic N) is 1. The normalized spacial score (nSPS) is 17.2. The van der Waals surface area contributed by atoms with Gasteiger partial charge in [-0.15, -0.1) is 11.3 Å².